The molecule has 4 heterocycles. The zero-order valence-corrected chi connectivity index (χ0v) is 20.8. The third-order valence-corrected chi connectivity index (χ3v) is 8.40. The van der Waals surface area contributed by atoms with E-state index >= 15 is 0 Å². The topological polar surface area (TPSA) is 294 Å². The molecular formula is C16H23BN5O14P2-2. The number of rotatable bonds is 9. The lowest BCUT2D eigenvalue weighted by atomic mass is 10.00. The average Bonchev–Trinajstić information content (AvgIpc) is 3.39. The third kappa shape index (κ3) is 5.93. The second-order valence-corrected chi connectivity index (χ2v) is 11.4. The van der Waals surface area contributed by atoms with Gasteiger partial charge in [-0.2, -0.15) is 0 Å². The molecule has 4 unspecified atom stereocenters. The standard InChI is InChI=1S/C16H24BN5O14P2/c17-37(29,36-38(30,31)35-16-12(28)10(26)8(24)5(1-23)34-16)32-2-6-9(25)11(27)15(33-6)22-4-21-7-13(18)19-3-20-14(7)22/h3-6,8-12,15-16,23-28H,1-2H2,(H,30,31)(H2,18,19,20)/q-1/p-1/t5?,6-,8+,9?,10+,11+,12?,15-,16+,37-/m1/s1. The number of phosphoric acid groups is 1. The van der Waals surface area contributed by atoms with Gasteiger partial charge in [0.25, 0.3) is 7.82 Å². The number of hydrogen-bond acceptors (Lipinski definition) is 18. The van der Waals surface area contributed by atoms with Gasteiger partial charge in [0.15, 0.2) is 24.0 Å². The molecule has 3 radical (unpaired) electrons. The lowest BCUT2D eigenvalue weighted by Gasteiger charge is -2.42. The van der Waals surface area contributed by atoms with Crippen molar-refractivity contribution < 1.29 is 67.5 Å². The van der Waals surface area contributed by atoms with Gasteiger partial charge in [0.1, 0.15) is 54.6 Å². The Balaban J connectivity index is 1.38. The van der Waals surface area contributed by atoms with Crippen LogP contribution in [0.4, 0.5) is 5.82 Å². The Morgan fingerprint density at radius 2 is 1.71 bits per heavy atom. The van der Waals surface area contributed by atoms with Crippen LogP contribution in [0.3, 0.4) is 0 Å². The number of hydrogen-bond donors (Lipinski definition) is 7. The summed E-state index contributed by atoms with van der Waals surface area (Å²) in [6.45, 7) is -1.72. The Bertz CT molecular complexity index is 1240. The second kappa shape index (κ2) is 11.1. The number of imidazole rings is 1. The number of aromatic nitrogens is 4. The summed E-state index contributed by atoms with van der Waals surface area (Å²) in [5.74, 6) is 0.0517. The van der Waals surface area contributed by atoms with Gasteiger partial charge in [-0.1, -0.05) is 0 Å². The maximum atomic E-state index is 12.5. The van der Waals surface area contributed by atoms with Crippen molar-refractivity contribution >= 4 is 39.8 Å². The van der Waals surface area contributed by atoms with Crippen LogP contribution in [0, 0.1) is 0 Å². The van der Waals surface area contributed by atoms with Crippen molar-refractivity contribution in [3.63, 3.8) is 0 Å². The Morgan fingerprint density at radius 3 is 2.39 bits per heavy atom. The van der Waals surface area contributed by atoms with Crippen molar-refractivity contribution in [2.75, 3.05) is 18.9 Å². The summed E-state index contributed by atoms with van der Waals surface area (Å²) < 4.78 is 49.8. The zero-order chi connectivity index (χ0) is 28.0. The normalized spacial score (nSPS) is 37.2. The zero-order valence-electron chi connectivity index (χ0n) is 19.1. The largest absolute Gasteiger partial charge is 0.756 e. The highest BCUT2D eigenvalue weighted by Gasteiger charge is 2.46. The number of anilines is 1. The van der Waals surface area contributed by atoms with E-state index in [9.17, 15) is 39.6 Å². The van der Waals surface area contributed by atoms with Crippen LogP contribution in [0.2, 0.25) is 0 Å². The van der Waals surface area contributed by atoms with Crippen molar-refractivity contribution in [1.82, 2.24) is 19.5 Å². The minimum Gasteiger partial charge on any atom is -0.756 e. The van der Waals surface area contributed by atoms with Crippen LogP contribution in [0.5, 0.6) is 0 Å². The molecule has 19 nitrogen and oxygen atoms in total. The van der Waals surface area contributed by atoms with Gasteiger partial charge in [0.2, 0.25) is 0 Å². The summed E-state index contributed by atoms with van der Waals surface area (Å²) in [6, 6.07) is 0. The van der Waals surface area contributed by atoms with E-state index in [4.69, 9.17) is 32.4 Å². The minimum atomic E-state index is -5.69. The molecule has 2 aliphatic heterocycles. The number of phosphoric ester groups is 1. The van der Waals surface area contributed by atoms with Gasteiger partial charge in [-0.05, 0) is 0 Å². The number of fused-ring (bicyclic) bond motifs is 1. The van der Waals surface area contributed by atoms with Gasteiger partial charge in [-0.3, -0.25) is 18.0 Å². The van der Waals surface area contributed by atoms with Gasteiger partial charge >= 0.3 is 0 Å². The first-order valence-corrected chi connectivity index (χ1v) is 13.8. The highest BCUT2D eigenvalue weighted by Crippen LogP contribution is 2.59. The van der Waals surface area contributed by atoms with Crippen molar-refractivity contribution in [3.05, 3.63) is 12.7 Å². The van der Waals surface area contributed by atoms with Crippen molar-refractivity contribution in [2.45, 2.75) is 55.2 Å². The first kappa shape index (κ1) is 29.4. The van der Waals surface area contributed by atoms with Crippen LogP contribution >= 0.6 is 15.3 Å². The molecule has 22 heteroatoms. The summed E-state index contributed by atoms with van der Waals surface area (Å²) in [5, 5.41) is 59.3. The molecule has 0 bridgehead atoms. The van der Waals surface area contributed by atoms with Crippen molar-refractivity contribution in [2.24, 2.45) is 0 Å². The van der Waals surface area contributed by atoms with Crippen LogP contribution in [0.1, 0.15) is 6.23 Å². The number of aliphatic hydroxyl groups excluding tert-OH is 6. The van der Waals surface area contributed by atoms with E-state index in [0.717, 1.165) is 6.33 Å². The summed E-state index contributed by atoms with van der Waals surface area (Å²) in [6.07, 6.45) is -13.1. The predicted octanol–water partition coefficient (Wildman–Crippen LogP) is -4.38. The van der Waals surface area contributed by atoms with E-state index in [-0.39, 0.29) is 17.0 Å². The smallest absolute Gasteiger partial charge is 0.274 e. The van der Waals surface area contributed by atoms with E-state index in [0.29, 0.717) is 0 Å². The van der Waals surface area contributed by atoms with Gasteiger partial charge in [-0.15, -0.1) is 0 Å². The molecule has 2 saturated heterocycles. The fourth-order valence-corrected chi connectivity index (χ4v) is 6.04. The molecule has 0 aromatic carbocycles. The van der Waals surface area contributed by atoms with E-state index in [1.807, 2.05) is 0 Å². The van der Waals surface area contributed by atoms with Gasteiger partial charge in [-0.25, -0.2) is 15.0 Å². The number of aliphatic hydroxyl groups is 6. The summed E-state index contributed by atoms with van der Waals surface area (Å²) in [7, 11) is -5.39. The molecule has 0 saturated carbocycles. The van der Waals surface area contributed by atoms with Gasteiger partial charge < -0.3 is 67.4 Å². The highest BCUT2D eigenvalue weighted by atomic mass is 31.3. The van der Waals surface area contributed by atoms with Crippen molar-refractivity contribution in [3.8, 4) is 0 Å². The highest BCUT2D eigenvalue weighted by molar-refractivity contribution is 7.83. The van der Waals surface area contributed by atoms with Crippen molar-refractivity contribution in [1.29, 1.82) is 0 Å². The maximum absolute atomic E-state index is 12.5. The fraction of sp³-hybridized carbons (Fsp3) is 0.688. The lowest BCUT2D eigenvalue weighted by Crippen LogP contribution is -2.59. The van der Waals surface area contributed by atoms with E-state index < -0.39 is 83.8 Å². The summed E-state index contributed by atoms with van der Waals surface area (Å²) in [5.41, 5.74) is 6.09. The Hall–Kier alpha value is -1.61. The molecule has 4 rings (SSSR count). The molecular weight excluding hydrogens is 559 g/mol. The molecule has 2 aromatic heterocycles. The lowest BCUT2D eigenvalue weighted by molar-refractivity contribution is -0.301. The Labute approximate surface area is 214 Å². The molecule has 8 N–H and O–H groups in total. The molecule has 0 aliphatic carbocycles. The van der Waals surface area contributed by atoms with Crippen LogP contribution < -0.4 is 10.6 Å². The molecule has 2 aliphatic rings. The molecule has 0 spiro atoms. The van der Waals surface area contributed by atoms with Crippen LogP contribution in [0.25, 0.3) is 11.2 Å². The van der Waals surface area contributed by atoms with E-state index in [2.05, 4.69) is 23.8 Å². The van der Waals surface area contributed by atoms with Crippen LogP contribution in [-0.4, -0.2) is 120 Å². The minimum absolute atomic E-state index is 0.0517. The summed E-state index contributed by atoms with van der Waals surface area (Å²) >= 11 is 0. The molecule has 0 amide bonds. The number of nitrogens with two attached hydrogens (primary N) is 1. The fourth-order valence-electron chi connectivity index (χ4n) is 3.79. The maximum Gasteiger partial charge on any atom is 0.274 e. The van der Waals surface area contributed by atoms with Crippen LogP contribution in [0.15, 0.2) is 12.7 Å². The number of ether oxygens (including phenoxy) is 2. The Morgan fingerprint density at radius 1 is 1.03 bits per heavy atom. The molecule has 38 heavy (non-hydrogen) atoms. The number of nitrogen functional groups attached to an aromatic ring is 1. The molecule has 2 fully saturated rings. The van der Waals surface area contributed by atoms with Crippen LogP contribution in [-0.2, 0) is 32.0 Å². The second-order valence-electron chi connectivity index (χ2n) is 8.30. The van der Waals surface area contributed by atoms with Gasteiger partial charge in [0.05, 0.1) is 27.0 Å². The quantitative estimate of drug-likeness (QED) is 0.108. The summed E-state index contributed by atoms with van der Waals surface area (Å²) in [4.78, 5) is 24.0. The third-order valence-electron chi connectivity index (χ3n) is 5.71. The molecule has 11 atom stereocenters. The van der Waals surface area contributed by atoms with E-state index in [1.54, 1.807) is 0 Å². The van der Waals surface area contributed by atoms with E-state index in [1.165, 1.54) is 10.9 Å². The monoisotopic (exact) mass is 582 g/mol. The predicted molar refractivity (Wildman–Crippen MR) is 119 cm³/mol. The molecule has 211 valence electrons. The Kier molecular flexibility index (Phi) is 8.59. The van der Waals surface area contributed by atoms with Gasteiger partial charge in [0, 0.05) is 0 Å². The first-order chi connectivity index (χ1) is 17.7. The average molecular weight is 582 g/mol. The number of nitrogens with zero attached hydrogens (tertiary/aromatic N) is 4. The molecule has 2 aromatic rings. The first-order valence-electron chi connectivity index (χ1n) is 10.7. The SMILES string of the molecule is [B-][P@@](=O)(OC[C@H]1O[C@@H](n2cnc3c(N)ncnc32)[C@@H](O)C1O)OP(=O)([O-])O[C@@H]1OC(CO)[C@H](O)[C@H](O)C1O.